The zero-order valence-electron chi connectivity index (χ0n) is 23.4. The van der Waals surface area contributed by atoms with Crippen molar-refractivity contribution in [2.45, 2.75) is 69.1 Å². The summed E-state index contributed by atoms with van der Waals surface area (Å²) in [6, 6.07) is -0.969. The summed E-state index contributed by atoms with van der Waals surface area (Å²) in [6.45, 7) is 0.617. The first-order valence-electron chi connectivity index (χ1n) is 13.6. The normalized spacial score (nSPS) is 21.4. The van der Waals surface area contributed by atoms with E-state index in [0.29, 0.717) is 43.9 Å². The maximum absolute atomic E-state index is 12.1. The number of unbranched alkanes of at least 4 members (excludes halogenated alkanes) is 3. The van der Waals surface area contributed by atoms with Crippen LogP contribution in [0.1, 0.15) is 44.8 Å². The van der Waals surface area contributed by atoms with Gasteiger partial charge in [-0.2, -0.15) is 21.7 Å². The van der Waals surface area contributed by atoms with Crippen molar-refractivity contribution in [3.05, 3.63) is 6.33 Å². The number of amides is 1. The standard InChI is InChI=1S/C24H40N8O8S2/c1-42(38,39)11-5-3-2-4-6-16(33)27-8-9-28-24-30-20(26)17-21(31-24)32(13-29-17)22-19(35)18(34)15(40-22)12-41-10-7-14(25)23(36)37/h13-15,18-19,22,34-35H,2-12,25H2,1H3,(H,27,33)(H,36,37)(H3,26,28,30,31)/t14-,15+,18+,19+,22+/m0/s1. The van der Waals surface area contributed by atoms with Gasteiger partial charge in [-0.1, -0.05) is 12.8 Å². The van der Waals surface area contributed by atoms with E-state index >= 15 is 0 Å². The van der Waals surface area contributed by atoms with Crippen molar-refractivity contribution in [2.24, 2.45) is 5.73 Å². The minimum absolute atomic E-state index is 0.0936. The Balaban J connectivity index is 1.48. The second-order valence-electron chi connectivity index (χ2n) is 10.2. The molecule has 0 bridgehead atoms. The number of carboxylic acid groups (broad SMARTS) is 1. The number of sulfone groups is 1. The highest BCUT2D eigenvalue weighted by molar-refractivity contribution is 7.99. The Morgan fingerprint density at radius 1 is 1.17 bits per heavy atom. The average Bonchev–Trinajstić information content (AvgIpc) is 3.46. The number of nitrogen functional groups attached to an aromatic ring is 1. The number of hydrogen-bond acceptors (Lipinski definition) is 14. The van der Waals surface area contributed by atoms with Crippen molar-refractivity contribution in [1.82, 2.24) is 24.8 Å². The van der Waals surface area contributed by atoms with Gasteiger partial charge in [-0.25, -0.2) is 13.4 Å². The smallest absolute Gasteiger partial charge is 0.320 e. The van der Waals surface area contributed by atoms with Gasteiger partial charge in [-0.05, 0) is 25.0 Å². The number of nitrogens with two attached hydrogens (primary N) is 2. The van der Waals surface area contributed by atoms with E-state index in [1.807, 2.05) is 0 Å². The van der Waals surface area contributed by atoms with Crippen LogP contribution in [0.5, 0.6) is 0 Å². The van der Waals surface area contributed by atoms with Crippen LogP contribution >= 0.6 is 11.8 Å². The molecule has 18 heteroatoms. The number of fused-ring (bicyclic) bond motifs is 1. The molecule has 2 aromatic heterocycles. The monoisotopic (exact) mass is 632 g/mol. The molecule has 1 amide bonds. The van der Waals surface area contributed by atoms with Crippen LogP contribution in [0.4, 0.5) is 11.8 Å². The molecule has 5 atom stereocenters. The molecule has 0 radical (unpaired) electrons. The summed E-state index contributed by atoms with van der Waals surface area (Å²) in [6.07, 6.45) is 1.81. The Morgan fingerprint density at radius 2 is 1.90 bits per heavy atom. The third-order valence-electron chi connectivity index (χ3n) is 6.63. The number of ether oxygens (including phenoxy) is 1. The molecule has 0 aliphatic carbocycles. The first-order chi connectivity index (χ1) is 19.9. The number of aliphatic carboxylic acids is 1. The van der Waals surface area contributed by atoms with Crippen LogP contribution in [0.2, 0.25) is 0 Å². The molecule has 42 heavy (non-hydrogen) atoms. The van der Waals surface area contributed by atoms with Crippen LogP contribution in [-0.4, -0.2) is 116 Å². The fourth-order valence-corrected chi connectivity index (χ4v) is 6.13. The predicted molar refractivity (Wildman–Crippen MR) is 158 cm³/mol. The van der Waals surface area contributed by atoms with Gasteiger partial charge in [-0.3, -0.25) is 14.2 Å². The Morgan fingerprint density at radius 3 is 2.62 bits per heavy atom. The molecule has 1 aliphatic heterocycles. The van der Waals surface area contributed by atoms with Crippen LogP contribution in [-0.2, 0) is 24.2 Å². The van der Waals surface area contributed by atoms with Gasteiger partial charge in [0.2, 0.25) is 11.9 Å². The number of nitrogens with one attached hydrogen (secondary N) is 2. The summed E-state index contributed by atoms with van der Waals surface area (Å²) < 4.78 is 29.7. The number of hydrogen-bond donors (Lipinski definition) is 7. The molecule has 2 aromatic rings. The van der Waals surface area contributed by atoms with Crippen molar-refractivity contribution >= 4 is 56.4 Å². The predicted octanol–water partition coefficient (Wildman–Crippen LogP) is -0.914. The summed E-state index contributed by atoms with van der Waals surface area (Å²) in [5.74, 6) is -0.00547. The van der Waals surface area contributed by atoms with Crippen LogP contribution in [0.25, 0.3) is 11.2 Å². The highest BCUT2D eigenvalue weighted by atomic mass is 32.2. The van der Waals surface area contributed by atoms with E-state index in [9.17, 15) is 28.2 Å². The van der Waals surface area contributed by atoms with Crippen molar-refractivity contribution in [3.8, 4) is 0 Å². The van der Waals surface area contributed by atoms with E-state index in [0.717, 1.165) is 12.8 Å². The Kier molecular flexibility index (Phi) is 12.6. The lowest BCUT2D eigenvalue weighted by molar-refractivity contribution is -0.138. The minimum atomic E-state index is -2.95. The number of carbonyl (C=O) groups excluding carboxylic acids is 1. The Labute approximate surface area is 247 Å². The number of aliphatic hydroxyl groups excluding tert-OH is 2. The summed E-state index contributed by atoms with van der Waals surface area (Å²) in [5, 5.41) is 35.9. The quantitative estimate of drug-likeness (QED) is 0.0981. The number of nitrogens with zero attached hydrogens (tertiary/aromatic N) is 4. The van der Waals surface area contributed by atoms with Gasteiger partial charge in [0, 0.05) is 37.3 Å². The first-order valence-corrected chi connectivity index (χ1v) is 16.8. The van der Waals surface area contributed by atoms with Crippen LogP contribution in [0.3, 0.4) is 0 Å². The Hall–Kier alpha value is -2.77. The maximum Gasteiger partial charge on any atom is 0.320 e. The van der Waals surface area contributed by atoms with E-state index in [-0.39, 0.29) is 41.0 Å². The van der Waals surface area contributed by atoms with Gasteiger partial charge in [-0.15, -0.1) is 0 Å². The van der Waals surface area contributed by atoms with Crippen molar-refractivity contribution in [2.75, 3.05) is 47.7 Å². The van der Waals surface area contributed by atoms with E-state index in [4.69, 9.17) is 21.3 Å². The topological polar surface area (TPSA) is 258 Å². The van der Waals surface area contributed by atoms with E-state index < -0.39 is 46.4 Å². The van der Waals surface area contributed by atoms with Gasteiger partial charge in [0.1, 0.15) is 33.6 Å². The fourth-order valence-electron chi connectivity index (χ4n) is 4.30. The molecule has 0 unspecified atom stereocenters. The third-order valence-corrected chi connectivity index (χ3v) is 8.75. The lowest BCUT2D eigenvalue weighted by Crippen LogP contribution is -2.33. The molecule has 1 saturated heterocycles. The number of rotatable bonds is 18. The average molecular weight is 633 g/mol. The molecule has 3 rings (SSSR count). The number of aliphatic hydroxyl groups is 2. The second kappa shape index (κ2) is 15.6. The molecule has 1 fully saturated rings. The zero-order valence-corrected chi connectivity index (χ0v) is 25.0. The molecule has 9 N–H and O–H groups in total. The minimum Gasteiger partial charge on any atom is -0.480 e. The third kappa shape index (κ3) is 9.91. The summed E-state index contributed by atoms with van der Waals surface area (Å²) in [7, 11) is -2.95. The maximum atomic E-state index is 12.1. The summed E-state index contributed by atoms with van der Waals surface area (Å²) in [5.41, 5.74) is 12.2. The molecule has 0 aromatic carbocycles. The molecule has 236 valence electrons. The zero-order chi connectivity index (χ0) is 30.9. The lowest BCUT2D eigenvalue weighted by atomic mass is 10.1. The van der Waals surface area contributed by atoms with E-state index in [1.165, 1.54) is 28.9 Å². The van der Waals surface area contributed by atoms with Gasteiger partial charge in [0.15, 0.2) is 17.7 Å². The molecule has 0 saturated carbocycles. The van der Waals surface area contributed by atoms with Crippen LogP contribution in [0, 0.1) is 0 Å². The largest absolute Gasteiger partial charge is 0.480 e. The highest BCUT2D eigenvalue weighted by Crippen LogP contribution is 2.33. The number of anilines is 2. The number of aromatic nitrogens is 4. The molecule has 3 heterocycles. The number of thioether (sulfide) groups is 1. The molecular weight excluding hydrogens is 592 g/mol. The second-order valence-corrected chi connectivity index (χ2v) is 13.6. The fraction of sp³-hybridized carbons (Fsp3) is 0.708. The number of carboxylic acids is 1. The van der Waals surface area contributed by atoms with Crippen molar-refractivity contribution in [3.63, 3.8) is 0 Å². The van der Waals surface area contributed by atoms with Gasteiger partial charge in [0.05, 0.1) is 12.4 Å². The highest BCUT2D eigenvalue weighted by Gasteiger charge is 2.44. The summed E-state index contributed by atoms with van der Waals surface area (Å²) in [4.78, 5) is 35.8. The van der Waals surface area contributed by atoms with E-state index in [1.54, 1.807) is 0 Å². The van der Waals surface area contributed by atoms with Crippen LogP contribution in [0.15, 0.2) is 6.33 Å². The van der Waals surface area contributed by atoms with Crippen molar-refractivity contribution < 1.29 is 38.1 Å². The lowest BCUT2D eigenvalue weighted by Gasteiger charge is -2.17. The van der Waals surface area contributed by atoms with Gasteiger partial charge >= 0.3 is 5.97 Å². The summed E-state index contributed by atoms with van der Waals surface area (Å²) >= 11 is 1.36. The Bertz CT molecular complexity index is 1310. The van der Waals surface area contributed by atoms with Gasteiger partial charge in [0.25, 0.3) is 0 Å². The first kappa shape index (κ1) is 33.7. The molecular formula is C24H40N8O8S2. The number of imidazole rings is 1. The van der Waals surface area contributed by atoms with Crippen molar-refractivity contribution in [1.29, 1.82) is 0 Å². The number of carbonyl (C=O) groups is 2. The SMILES string of the molecule is CS(=O)(=O)CCCCCCC(=O)NCCNc1nc(N)c2ncn([C@@H]3O[C@H](CSCC[C@H](N)C(=O)O)[C@@H](O)[C@H]3O)c2n1. The molecule has 16 nitrogen and oxygen atoms in total. The van der Waals surface area contributed by atoms with E-state index in [2.05, 4.69) is 25.6 Å². The molecule has 0 spiro atoms. The molecule has 1 aliphatic rings. The van der Waals surface area contributed by atoms with Crippen LogP contribution < -0.4 is 22.1 Å². The van der Waals surface area contributed by atoms with Gasteiger partial charge < -0.3 is 42.2 Å².